The first-order valence-corrected chi connectivity index (χ1v) is 5.31. The Morgan fingerprint density at radius 3 is 2.67 bits per heavy atom. The molecule has 66 valence electrons. The molecule has 0 bridgehead atoms. The molecule has 0 unspecified atom stereocenters. The fourth-order valence-electron chi connectivity index (χ4n) is 1.76. The number of rotatable bonds is 1. The van der Waals surface area contributed by atoms with E-state index < -0.39 is 0 Å². The van der Waals surface area contributed by atoms with Gasteiger partial charge in [-0.25, -0.2) is 4.98 Å². The second-order valence-corrected chi connectivity index (χ2v) is 4.30. The van der Waals surface area contributed by atoms with Crippen LogP contribution in [0.15, 0.2) is 11.6 Å². The second kappa shape index (κ2) is 3.54. The highest BCUT2D eigenvalue weighted by molar-refractivity contribution is 7.09. The summed E-state index contributed by atoms with van der Waals surface area (Å²) in [6, 6.07) is 0. The van der Waals surface area contributed by atoms with E-state index in [1.54, 1.807) is 11.3 Å². The molecule has 0 aliphatic heterocycles. The number of hydrogen-bond acceptors (Lipinski definition) is 3. The standard InChI is InChI=1S/C9H13NOS/c11-8-3-1-7(2-4-8)9-10-5-6-12-9/h5-8,11H,1-4H2/t7-,8+. The van der Waals surface area contributed by atoms with Crippen LogP contribution in [0.25, 0.3) is 0 Å². The predicted octanol–water partition coefficient (Wildman–Crippen LogP) is 2.16. The molecule has 2 nitrogen and oxygen atoms in total. The normalized spacial score (nSPS) is 30.4. The fraction of sp³-hybridized carbons (Fsp3) is 0.667. The fourth-order valence-corrected chi connectivity index (χ4v) is 2.57. The van der Waals surface area contributed by atoms with Gasteiger partial charge in [0.15, 0.2) is 0 Å². The lowest BCUT2D eigenvalue weighted by atomic mass is 9.88. The summed E-state index contributed by atoms with van der Waals surface area (Å²) in [5.41, 5.74) is 0. The molecule has 1 aliphatic carbocycles. The first kappa shape index (κ1) is 8.20. The number of thiazole rings is 1. The average molecular weight is 183 g/mol. The molecule has 0 radical (unpaired) electrons. The van der Waals surface area contributed by atoms with Gasteiger partial charge in [-0.1, -0.05) is 0 Å². The minimum atomic E-state index is -0.0544. The van der Waals surface area contributed by atoms with Crippen molar-refractivity contribution in [2.75, 3.05) is 0 Å². The number of hydrogen-bond donors (Lipinski definition) is 1. The Kier molecular flexibility index (Phi) is 2.42. The molecule has 2 rings (SSSR count). The molecule has 1 aromatic rings. The third-order valence-electron chi connectivity index (χ3n) is 2.50. The van der Waals surface area contributed by atoms with E-state index >= 15 is 0 Å². The van der Waals surface area contributed by atoms with Gasteiger partial charge >= 0.3 is 0 Å². The van der Waals surface area contributed by atoms with E-state index in [0.717, 1.165) is 25.7 Å². The van der Waals surface area contributed by atoms with Crippen LogP contribution in [0.3, 0.4) is 0 Å². The SMILES string of the molecule is O[C@H]1CC[C@@H](c2nccs2)CC1. The van der Waals surface area contributed by atoms with Crippen LogP contribution >= 0.6 is 11.3 Å². The summed E-state index contributed by atoms with van der Waals surface area (Å²) in [4.78, 5) is 4.30. The van der Waals surface area contributed by atoms with Gasteiger partial charge in [-0.2, -0.15) is 0 Å². The number of nitrogens with zero attached hydrogens (tertiary/aromatic N) is 1. The summed E-state index contributed by atoms with van der Waals surface area (Å²) in [6.45, 7) is 0. The van der Waals surface area contributed by atoms with Crippen molar-refractivity contribution in [1.29, 1.82) is 0 Å². The zero-order valence-corrected chi connectivity index (χ0v) is 7.76. The van der Waals surface area contributed by atoms with E-state index in [9.17, 15) is 5.11 Å². The van der Waals surface area contributed by atoms with Gasteiger partial charge in [-0.3, -0.25) is 0 Å². The Morgan fingerprint density at radius 1 is 1.33 bits per heavy atom. The molecule has 0 amide bonds. The van der Waals surface area contributed by atoms with E-state index in [0.29, 0.717) is 5.92 Å². The van der Waals surface area contributed by atoms with Crippen molar-refractivity contribution in [2.45, 2.75) is 37.7 Å². The largest absolute Gasteiger partial charge is 0.393 e. The third-order valence-corrected chi connectivity index (χ3v) is 3.44. The molecule has 1 aromatic heterocycles. The highest BCUT2D eigenvalue weighted by Gasteiger charge is 2.21. The molecule has 12 heavy (non-hydrogen) atoms. The molecular formula is C9H13NOS. The minimum absolute atomic E-state index is 0.0544. The molecule has 1 aliphatic rings. The third kappa shape index (κ3) is 1.67. The molecule has 0 atom stereocenters. The Labute approximate surface area is 76.3 Å². The van der Waals surface area contributed by atoms with Crippen molar-refractivity contribution in [2.24, 2.45) is 0 Å². The maximum atomic E-state index is 9.31. The Bertz CT molecular complexity index is 227. The number of aromatic nitrogens is 1. The van der Waals surface area contributed by atoms with E-state index in [1.807, 2.05) is 11.6 Å². The van der Waals surface area contributed by atoms with Crippen LogP contribution in [-0.2, 0) is 0 Å². The molecule has 3 heteroatoms. The quantitative estimate of drug-likeness (QED) is 0.723. The molecule has 0 spiro atoms. The average Bonchev–Trinajstić information content (AvgIpc) is 2.58. The second-order valence-electron chi connectivity index (χ2n) is 3.38. The van der Waals surface area contributed by atoms with Crippen molar-refractivity contribution in [3.05, 3.63) is 16.6 Å². The Balaban J connectivity index is 1.99. The van der Waals surface area contributed by atoms with E-state index in [2.05, 4.69) is 4.98 Å². The van der Waals surface area contributed by atoms with E-state index in [1.165, 1.54) is 5.01 Å². The van der Waals surface area contributed by atoms with Gasteiger partial charge in [-0.05, 0) is 25.7 Å². The van der Waals surface area contributed by atoms with Gasteiger partial charge < -0.3 is 5.11 Å². The lowest BCUT2D eigenvalue weighted by molar-refractivity contribution is 0.122. The first-order valence-electron chi connectivity index (χ1n) is 4.43. The van der Waals surface area contributed by atoms with Crippen molar-refractivity contribution < 1.29 is 5.11 Å². The first-order chi connectivity index (χ1) is 5.86. The molecule has 1 heterocycles. The molecule has 1 fully saturated rings. The van der Waals surface area contributed by atoms with Gasteiger partial charge in [0, 0.05) is 17.5 Å². The van der Waals surface area contributed by atoms with Gasteiger partial charge in [0.25, 0.3) is 0 Å². The zero-order chi connectivity index (χ0) is 8.39. The predicted molar refractivity (Wildman–Crippen MR) is 49.3 cm³/mol. The molecule has 1 N–H and O–H groups in total. The topological polar surface area (TPSA) is 33.1 Å². The summed E-state index contributed by atoms with van der Waals surface area (Å²) in [5.74, 6) is 0.619. The number of aliphatic hydroxyl groups is 1. The van der Waals surface area contributed by atoms with Crippen molar-refractivity contribution in [3.8, 4) is 0 Å². The number of aliphatic hydroxyl groups excluding tert-OH is 1. The monoisotopic (exact) mass is 183 g/mol. The zero-order valence-electron chi connectivity index (χ0n) is 6.94. The minimum Gasteiger partial charge on any atom is -0.393 e. The lowest BCUT2D eigenvalue weighted by Crippen LogP contribution is -2.16. The van der Waals surface area contributed by atoms with Crippen molar-refractivity contribution >= 4 is 11.3 Å². The summed E-state index contributed by atoms with van der Waals surface area (Å²) in [6.07, 6.45) is 5.92. The molecular weight excluding hydrogens is 170 g/mol. The summed E-state index contributed by atoms with van der Waals surface area (Å²) in [7, 11) is 0. The van der Waals surface area contributed by atoms with Gasteiger partial charge in [0.1, 0.15) is 0 Å². The van der Waals surface area contributed by atoms with E-state index in [4.69, 9.17) is 0 Å². The summed E-state index contributed by atoms with van der Waals surface area (Å²) >= 11 is 1.74. The maximum Gasteiger partial charge on any atom is 0.0955 e. The molecule has 0 aromatic carbocycles. The van der Waals surface area contributed by atoms with Gasteiger partial charge in [0.2, 0.25) is 0 Å². The highest BCUT2D eigenvalue weighted by Crippen LogP contribution is 2.33. The van der Waals surface area contributed by atoms with Crippen LogP contribution in [-0.4, -0.2) is 16.2 Å². The van der Waals surface area contributed by atoms with Crippen LogP contribution < -0.4 is 0 Å². The van der Waals surface area contributed by atoms with Crippen LogP contribution in [0, 0.1) is 0 Å². The molecule has 0 saturated heterocycles. The van der Waals surface area contributed by atoms with Crippen molar-refractivity contribution in [3.63, 3.8) is 0 Å². The Hall–Kier alpha value is -0.410. The Morgan fingerprint density at radius 2 is 2.08 bits per heavy atom. The smallest absolute Gasteiger partial charge is 0.0955 e. The maximum absolute atomic E-state index is 9.31. The molecule has 1 saturated carbocycles. The summed E-state index contributed by atoms with van der Waals surface area (Å²) in [5, 5.41) is 12.6. The van der Waals surface area contributed by atoms with Gasteiger partial charge in [0.05, 0.1) is 11.1 Å². The summed E-state index contributed by atoms with van der Waals surface area (Å²) < 4.78 is 0. The highest BCUT2D eigenvalue weighted by atomic mass is 32.1. The van der Waals surface area contributed by atoms with Crippen LogP contribution in [0.2, 0.25) is 0 Å². The van der Waals surface area contributed by atoms with Crippen LogP contribution in [0.5, 0.6) is 0 Å². The van der Waals surface area contributed by atoms with E-state index in [-0.39, 0.29) is 6.10 Å². The van der Waals surface area contributed by atoms with Crippen LogP contribution in [0.4, 0.5) is 0 Å². The van der Waals surface area contributed by atoms with Crippen molar-refractivity contribution in [1.82, 2.24) is 4.98 Å². The van der Waals surface area contributed by atoms with Crippen LogP contribution in [0.1, 0.15) is 36.6 Å². The van der Waals surface area contributed by atoms with Gasteiger partial charge in [-0.15, -0.1) is 11.3 Å². The lowest BCUT2D eigenvalue weighted by Gasteiger charge is -2.23.